The predicted octanol–water partition coefficient (Wildman–Crippen LogP) is 2.65. The molecule has 1 atom stereocenters. The van der Waals surface area contributed by atoms with Crippen LogP contribution in [0.2, 0.25) is 0 Å². The number of hydrogen-bond donors (Lipinski definition) is 2. The molecule has 1 fully saturated rings. The van der Waals surface area contributed by atoms with Crippen LogP contribution in [0.25, 0.3) is 9.88 Å². The van der Waals surface area contributed by atoms with E-state index in [1.807, 2.05) is 22.4 Å². The molecule has 9 heteroatoms. The molecule has 2 aromatic heterocycles. The highest BCUT2D eigenvalue weighted by Crippen LogP contribution is 2.29. The maximum Gasteiger partial charge on any atom is 0.321 e. The zero-order valence-corrected chi connectivity index (χ0v) is 15.0. The number of hydrogen-bond acceptors (Lipinski definition) is 6. The van der Waals surface area contributed by atoms with Crippen LogP contribution in [0.15, 0.2) is 17.5 Å². The fourth-order valence-electron chi connectivity index (χ4n) is 2.67. The Bertz CT molecular complexity index is 701. The summed E-state index contributed by atoms with van der Waals surface area (Å²) in [5, 5.41) is 16.9. The van der Waals surface area contributed by atoms with Crippen LogP contribution < -0.4 is 10.6 Å². The second-order valence-corrected chi connectivity index (χ2v) is 7.62. The molecule has 1 aliphatic rings. The number of nitrogens with one attached hydrogen (secondary N) is 2. The minimum atomic E-state index is -0.288. The first-order valence-electron chi connectivity index (χ1n) is 7.79. The van der Waals surface area contributed by atoms with E-state index in [4.69, 9.17) is 0 Å². The number of urea groups is 1. The van der Waals surface area contributed by atoms with E-state index in [1.165, 1.54) is 11.3 Å². The average Bonchev–Trinajstić information content (AvgIpc) is 3.24. The second-order valence-electron chi connectivity index (χ2n) is 5.70. The summed E-state index contributed by atoms with van der Waals surface area (Å²) in [5.74, 6) is 0.392. The molecule has 3 heterocycles. The summed E-state index contributed by atoms with van der Waals surface area (Å²) in [7, 11) is 0. The van der Waals surface area contributed by atoms with E-state index in [9.17, 15) is 9.59 Å². The van der Waals surface area contributed by atoms with E-state index in [2.05, 4.69) is 20.8 Å². The number of amides is 3. The van der Waals surface area contributed by atoms with Gasteiger partial charge in [0.05, 0.1) is 4.88 Å². The van der Waals surface area contributed by atoms with Crippen LogP contribution in [0.4, 0.5) is 9.93 Å². The quantitative estimate of drug-likeness (QED) is 0.872. The summed E-state index contributed by atoms with van der Waals surface area (Å²) in [6.07, 6.45) is 2.00. The van der Waals surface area contributed by atoms with E-state index in [-0.39, 0.29) is 11.9 Å². The Morgan fingerprint density at radius 2 is 2.29 bits per heavy atom. The normalized spacial score (nSPS) is 17.5. The molecule has 0 saturated carbocycles. The van der Waals surface area contributed by atoms with E-state index in [1.54, 1.807) is 18.3 Å². The monoisotopic (exact) mass is 365 g/mol. The Morgan fingerprint density at radius 3 is 3.04 bits per heavy atom. The molecule has 0 aliphatic carbocycles. The zero-order chi connectivity index (χ0) is 16.9. The number of anilines is 1. The first kappa shape index (κ1) is 16.8. The number of carbonyl (C=O) groups is 2. The van der Waals surface area contributed by atoms with Crippen molar-refractivity contribution in [3.63, 3.8) is 0 Å². The number of piperidine rings is 1. The summed E-state index contributed by atoms with van der Waals surface area (Å²) in [4.78, 5) is 26.3. The van der Waals surface area contributed by atoms with Crippen LogP contribution in [0.5, 0.6) is 0 Å². The standard InChI is InChI=1S/C15H19N5O2S2/c1-10(21)20-6-2-4-11(9-20)8-16-14(22)17-15-19-18-13(24-15)12-5-3-7-23-12/h3,5,7,11H,2,4,6,8-9H2,1H3,(H2,16,17,19,22). The lowest BCUT2D eigenvalue weighted by Crippen LogP contribution is -2.43. The highest BCUT2D eigenvalue weighted by Gasteiger charge is 2.22. The van der Waals surface area contributed by atoms with E-state index in [0.29, 0.717) is 24.1 Å². The lowest BCUT2D eigenvalue weighted by Gasteiger charge is -2.32. The molecule has 0 radical (unpaired) electrons. The molecular weight excluding hydrogens is 346 g/mol. The van der Waals surface area contributed by atoms with Gasteiger partial charge >= 0.3 is 6.03 Å². The summed E-state index contributed by atoms with van der Waals surface area (Å²) in [5.41, 5.74) is 0. The first-order chi connectivity index (χ1) is 11.6. The fourth-order valence-corrected chi connectivity index (χ4v) is 4.20. The lowest BCUT2D eigenvalue weighted by atomic mass is 9.98. The predicted molar refractivity (Wildman–Crippen MR) is 95.2 cm³/mol. The summed E-state index contributed by atoms with van der Waals surface area (Å²) in [6.45, 7) is 3.65. The molecule has 7 nitrogen and oxygen atoms in total. The first-order valence-corrected chi connectivity index (χ1v) is 9.49. The third-order valence-electron chi connectivity index (χ3n) is 3.89. The number of rotatable bonds is 4. The number of thiophene rings is 1. The molecule has 1 saturated heterocycles. The summed E-state index contributed by atoms with van der Waals surface area (Å²) in [6, 6.07) is 3.64. The van der Waals surface area contributed by atoms with Crippen molar-refractivity contribution in [2.75, 3.05) is 25.0 Å². The highest BCUT2D eigenvalue weighted by atomic mass is 32.1. The maximum atomic E-state index is 12.0. The van der Waals surface area contributed by atoms with Gasteiger partial charge in [-0.2, -0.15) is 0 Å². The molecule has 0 aromatic carbocycles. The van der Waals surface area contributed by atoms with E-state index in [0.717, 1.165) is 29.3 Å². The van der Waals surface area contributed by atoms with Crippen molar-refractivity contribution < 1.29 is 9.59 Å². The molecular formula is C15H19N5O2S2. The molecule has 0 spiro atoms. The van der Waals surface area contributed by atoms with Crippen molar-refractivity contribution >= 4 is 39.7 Å². The molecule has 3 rings (SSSR count). The number of likely N-dealkylation sites (tertiary alicyclic amines) is 1. The van der Waals surface area contributed by atoms with E-state index < -0.39 is 0 Å². The van der Waals surface area contributed by atoms with Crippen LogP contribution in [0.1, 0.15) is 19.8 Å². The Labute approximate surface area is 148 Å². The zero-order valence-electron chi connectivity index (χ0n) is 13.3. The molecule has 1 aliphatic heterocycles. The van der Waals surface area contributed by atoms with Crippen molar-refractivity contribution in [3.8, 4) is 9.88 Å². The second kappa shape index (κ2) is 7.71. The average molecular weight is 365 g/mol. The Hall–Kier alpha value is -2.00. The van der Waals surface area contributed by atoms with Crippen molar-refractivity contribution in [1.29, 1.82) is 0 Å². The summed E-state index contributed by atoms with van der Waals surface area (Å²) >= 11 is 2.94. The van der Waals surface area contributed by atoms with Gasteiger partial charge in [0.15, 0.2) is 5.01 Å². The molecule has 2 N–H and O–H groups in total. The van der Waals surface area contributed by atoms with Gasteiger partial charge in [0.2, 0.25) is 11.0 Å². The van der Waals surface area contributed by atoms with Gasteiger partial charge in [-0.1, -0.05) is 17.4 Å². The van der Waals surface area contributed by atoms with Crippen molar-refractivity contribution in [1.82, 2.24) is 20.4 Å². The van der Waals surface area contributed by atoms with Crippen LogP contribution in [-0.4, -0.2) is 46.7 Å². The lowest BCUT2D eigenvalue weighted by molar-refractivity contribution is -0.130. The van der Waals surface area contributed by atoms with Gasteiger partial charge in [-0.15, -0.1) is 21.5 Å². The van der Waals surface area contributed by atoms with Crippen molar-refractivity contribution in [2.45, 2.75) is 19.8 Å². The van der Waals surface area contributed by atoms with Crippen LogP contribution in [-0.2, 0) is 4.79 Å². The van der Waals surface area contributed by atoms with E-state index >= 15 is 0 Å². The van der Waals surface area contributed by atoms with Gasteiger partial charge in [-0.25, -0.2) is 4.79 Å². The largest absolute Gasteiger partial charge is 0.343 e. The van der Waals surface area contributed by atoms with Gasteiger partial charge in [0.25, 0.3) is 0 Å². The Kier molecular flexibility index (Phi) is 5.41. The van der Waals surface area contributed by atoms with Gasteiger partial charge in [-0.3, -0.25) is 10.1 Å². The molecule has 3 amide bonds. The minimum absolute atomic E-state index is 0.0964. The topological polar surface area (TPSA) is 87.2 Å². The smallest absolute Gasteiger partial charge is 0.321 e. The van der Waals surface area contributed by atoms with Gasteiger partial charge in [0.1, 0.15) is 0 Å². The molecule has 24 heavy (non-hydrogen) atoms. The minimum Gasteiger partial charge on any atom is -0.343 e. The molecule has 128 valence electrons. The number of aromatic nitrogens is 2. The number of carbonyl (C=O) groups excluding carboxylic acids is 2. The Balaban J connectivity index is 1.47. The van der Waals surface area contributed by atoms with Crippen LogP contribution in [0.3, 0.4) is 0 Å². The van der Waals surface area contributed by atoms with Gasteiger partial charge < -0.3 is 10.2 Å². The number of nitrogens with zero attached hydrogens (tertiary/aromatic N) is 3. The van der Waals surface area contributed by atoms with Crippen molar-refractivity contribution in [3.05, 3.63) is 17.5 Å². The van der Waals surface area contributed by atoms with Gasteiger partial charge in [-0.05, 0) is 30.2 Å². The highest BCUT2D eigenvalue weighted by molar-refractivity contribution is 7.23. The summed E-state index contributed by atoms with van der Waals surface area (Å²) < 4.78 is 0. The van der Waals surface area contributed by atoms with Crippen molar-refractivity contribution in [2.24, 2.45) is 5.92 Å². The molecule has 0 bridgehead atoms. The third-order valence-corrected chi connectivity index (χ3v) is 5.77. The third kappa shape index (κ3) is 4.30. The fraction of sp³-hybridized carbons (Fsp3) is 0.467. The SMILES string of the molecule is CC(=O)N1CCCC(CNC(=O)Nc2nnc(-c3cccs3)s2)C1. The van der Waals surface area contributed by atoms with Gasteiger partial charge in [0, 0.05) is 26.6 Å². The molecule has 1 unspecified atom stereocenters. The van der Waals surface area contributed by atoms with Crippen LogP contribution in [0, 0.1) is 5.92 Å². The maximum absolute atomic E-state index is 12.0. The Morgan fingerprint density at radius 1 is 1.42 bits per heavy atom. The molecule has 2 aromatic rings. The van der Waals surface area contributed by atoms with Crippen LogP contribution >= 0.6 is 22.7 Å².